The van der Waals surface area contributed by atoms with Gasteiger partial charge < -0.3 is 23.8 Å². The molecule has 1 N–H and O–H groups in total. The smallest absolute Gasteiger partial charge is 0.411 e. The molecule has 0 aromatic heterocycles. The molecule has 2 saturated carbocycles. The Kier molecular flexibility index (Phi) is 12.4. The summed E-state index contributed by atoms with van der Waals surface area (Å²) in [4.78, 5) is 30.2. The number of methoxy groups -OCH3 is 2. The first-order chi connectivity index (χ1) is 24.0. The minimum Gasteiger partial charge on any atom is -0.446 e. The Morgan fingerprint density at radius 2 is 1.59 bits per heavy atom. The minimum absolute atomic E-state index is 0.0476. The summed E-state index contributed by atoms with van der Waals surface area (Å²) in [6.07, 6.45) is 4.53. The lowest BCUT2D eigenvalue weighted by Gasteiger charge is -2.26. The summed E-state index contributed by atoms with van der Waals surface area (Å²) in [7, 11) is 3.20. The third kappa shape index (κ3) is 10.1. The molecule has 49 heavy (non-hydrogen) atoms. The summed E-state index contributed by atoms with van der Waals surface area (Å²) in [6, 6.07) is 26.7. The Bertz CT molecular complexity index is 1500. The van der Waals surface area contributed by atoms with E-state index >= 15 is 0 Å². The first kappa shape index (κ1) is 35.1. The van der Waals surface area contributed by atoms with Crippen LogP contribution in [0.4, 0.5) is 10.5 Å². The molecule has 3 aliphatic rings. The molecule has 0 bridgehead atoms. The highest BCUT2D eigenvalue weighted by molar-refractivity contribution is 5.91. The van der Waals surface area contributed by atoms with Gasteiger partial charge in [0.05, 0.1) is 31.9 Å². The number of likely N-dealkylation sites (tertiary alicyclic amines) is 1. The topological polar surface area (TPSA) is 89.6 Å². The van der Waals surface area contributed by atoms with E-state index in [1.807, 2.05) is 59.5 Å². The molecule has 0 radical (unpaired) electrons. The summed E-state index contributed by atoms with van der Waals surface area (Å²) in [5.41, 5.74) is 5.35. The van der Waals surface area contributed by atoms with Crippen molar-refractivity contribution in [3.05, 3.63) is 90.0 Å². The highest BCUT2D eigenvalue weighted by atomic mass is 16.7. The van der Waals surface area contributed by atoms with Crippen molar-refractivity contribution in [3.8, 4) is 11.1 Å². The Morgan fingerprint density at radius 1 is 0.878 bits per heavy atom. The van der Waals surface area contributed by atoms with Crippen LogP contribution in [-0.4, -0.2) is 87.8 Å². The van der Waals surface area contributed by atoms with E-state index in [0.29, 0.717) is 43.9 Å². The molecular formula is C40H51N3O6. The van der Waals surface area contributed by atoms with Crippen LogP contribution in [0.1, 0.15) is 43.2 Å². The van der Waals surface area contributed by atoms with Gasteiger partial charge in [-0.3, -0.25) is 15.0 Å². The third-order valence-corrected chi connectivity index (χ3v) is 10.1. The number of benzene rings is 3. The molecule has 2 amide bonds. The van der Waals surface area contributed by atoms with Gasteiger partial charge in [0.1, 0.15) is 6.10 Å². The molecule has 1 saturated heterocycles. The summed E-state index contributed by atoms with van der Waals surface area (Å²) in [5, 5.41) is 2.99. The summed E-state index contributed by atoms with van der Waals surface area (Å²) < 4.78 is 22.5. The fourth-order valence-electron chi connectivity index (χ4n) is 7.39. The van der Waals surface area contributed by atoms with Gasteiger partial charge in [0.25, 0.3) is 0 Å². The fourth-order valence-corrected chi connectivity index (χ4v) is 7.39. The lowest BCUT2D eigenvalue weighted by molar-refractivity contribution is -0.146. The lowest BCUT2D eigenvalue weighted by Crippen LogP contribution is -2.40. The second-order valence-corrected chi connectivity index (χ2v) is 13.8. The molecule has 2 aliphatic carbocycles. The van der Waals surface area contributed by atoms with E-state index in [2.05, 4.69) is 34.5 Å². The van der Waals surface area contributed by atoms with Crippen molar-refractivity contribution < 1.29 is 28.5 Å². The van der Waals surface area contributed by atoms with Gasteiger partial charge in [0.2, 0.25) is 5.91 Å². The molecule has 9 nitrogen and oxygen atoms in total. The summed E-state index contributed by atoms with van der Waals surface area (Å²) >= 11 is 0. The Morgan fingerprint density at radius 3 is 2.33 bits per heavy atom. The predicted octanol–water partition coefficient (Wildman–Crippen LogP) is 6.62. The van der Waals surface area contributed by atoms with Crippen LogP contribution in [0.5, 0.6) is 0 Å². The molecule has 262 valence electrons. The van der Waals surface area contributed by atoms with Crippen molar-refractivity contribution in [2.75, 3.05) is 58.9 Å². The standard InChI is InChI=1S/C40H51N3O6/c1-46-39(47-2)28-43(25-30-15-16-30)38(44)18-20-48-19-17-29-9-8-10-31(21-29)24-42-26-33-22-35(23-34(33)27-42)49-40(45)41-37-14-7-6-13-36(37)32-11-4-3-5-12-32/h3-14,21,30,33-35,39H,15-20,22-28H2,1-2H3,(H,41,45)/t33-,34?,35?/m1/s1. The van der Waals surface area contributed by atoms with Crippen LogP contribution in [0, 0.1) is 17.8 Å². The van der Waals surface area contributed by atoms with E-state index in [9.17, 15) is 9.59 Å². The molecule has 9 heteroatoms. The van der Waals surface area contributed by atoms with E-state index < -0.39 is 6.29 Å². The Hall–Kier alpha value is -3.76. The van der Waals surface area contributed by atoms with E-state index in [0.717, 1.165) is 62.3 Å². The molecule has 2 unspecified atom stereocenters. The Balaban J connectivity index is 0.893. The number of para-hydroxylation sites is 1. The molecule has 3 aromatic carbocycles. The van der Waals surface area contributed by atoms with Gasteiger partial charge in [-0.15, -0.1) is 0 Å². The van der Waals surface area contributed by atoms with Crippen LogP contribution in [0.25, 0.3) is 11.1 Å². The average molecular weight is 670 g/mol. The molecule has 6 rings (SSSR count). The minimum atomic E-state index is -0.407. The first-order valence-electron chi connectivity index (χ1n) is 17.8. The number of nitrogens with one attached hydrogen (secondary N) is 1. The zero-order valence-electron chi connectivity index (χ0n) is 28.9. The van der Waals surface area contributed by atoms with Crippen LogP contribution in [0.15, 0.2) is 78.9 Å². The van der Waals surface area contributed by atoms with E-state index in [1.54, 1.807) is 14.2 Å². The maximum absolute atomic E-state index is 12.9. The molecule has 1 aliphatic heterocycles. The average Bonchev–Trinajstić information content (AvgIpc) is 3.75. The quantitative estimate of drug-likeness (QED) is 0.128. The maximum atomic E-state index is 12.9. The van der Waals surface area contributed by atoms with Gasteiger partial charge in [-0.25, -0.2) is 4.79 Å². The summed E-state index contributed by atoms with van der Waals surface area (Å²) in [6.45, 7) is 5.18. The number of anilines is 1. The van der Waals surface area contributed by atoms with Crippen molar-refractivity contribution in [1.29, 1.82) is 0 Å². The molecule has 0 spiro atoms. The largest absolute Gasteiger partial charge is 0.446 e. The normalized spacial score (nSPS) is 20.3. The molecule has 3 aromatic rings. The number of hydrogen-bond acceptors (Lipinski definition) is 7. The number of carbonyl (C=O) groups excluding carboxylic acids is 2. The lowest BCUT2D eigenvalue weighted by atomic mass is 10.0. The van der Waals surface area contributed by atoms with Gasteiger partial charge in [-0.1, -0.05) is 72.8 Å². The predicted molar refractivity (Wildman–Crippen MR) is 190 cm³/mol. The van der Waals surface area contributed by atoms with Gasteiger partial charge >= 0.3 is 6.09 Å². The third-order valence-electron chi connectivity index (χ3n) is 10.1. The van der Waals surface area contributed by atoms with Crippen LogP contribution in [0.3, 0.4) is 0 Å². The summed E-state index contributed by atoms with van der Waals surface area (Å²) in [5.74, 6) is 1.78. The molecular weight excluding hydrogens is 618 g/mol. The molecule has 1 heterocycles. The second-order valence-electron chi connectivity index (χ2n) is 13.8. The van der Waals surface area contributed by atoms with Crippen molar-refractivity contribution in [2.45, 2.75) is 57.5 Å². The number of amides is 2. The molecule has 3 fully saturated rings. The van der Waals surface area contributed by atoms with Crippen molar-refractivity contribution in [1.82, 2.24) is 9.80 Å². The number of fused-ring (bicyclic) bond motifs is 1. The van der Waals surface area contributed by atoms with Crippen LogP contribution in [-0.2, 0) is 36.7 Å². The number of nitrogens with zero attached hydrogens (tertiary/aromatic N) is 2. The van der Waals surface area contributed by atoms with Gasteiger partial charge in [-0.05, 0) is 72.6 Å². The monoisotopic (exact) mass is 669 g/mol. The number of ether oxygens (including phenoxy) is 4. The van der Waals surface area contributed by atoms with Crippen molar-refractivity contribution in [2.24, 2.45) is 17.8 Å². The van der Waals surface area contributed by atoms with E-state index in [1.165, 1.54) is 24.0 Å². The maximum Gasteiger partial charge on any atom is 0.411 e. The van der Waals surface area contributed by atoms with Gasteiger partial charge in [0, 0.05) is 46.0 Å². The Labute approximate surface area is 290 Å². The zero-order chi connectivity index (χ0) is 34.0. The fraction of sp³-hybridized carbons (Fsp3) is 0.500. The van der Waals surface area contributed by atoms with Gasteiger partial charge in [-0.2, -0.15) is 0 Å². The SMILES string of the molecule is COC(CN(CC1CC1)C(=O)CCOCCc1cccc(CN2CC3CC(OC(=O)Nc4ccccc4-c4ccccc4)C[C@@H]3C2)c1)OC. The van der Waals surface area contributed by atoms with Crippen LogP contribution in [0.2, 0.25) is 0 Å². The van der Waals surface area contributed by atoms with E-state index in [4.69, 9.17) is 18.9 Å². The van der Waals surface area contributed by atoms with Crippen molar-refractivity contribution in [3.63, 3.8) is 0 Å². The van der Waals surface area contributed by atoms with Gasteiger partial charge in [0.15, 0.2) is 6.29 Å². The highest BCUT2D eigenvalue weighted by Crippen LogP contribution is 2.40. The number of hydrogen-bond donors (Lipinski definition) is 1. The van der Waals surface area contributed by atoms with Crippen LogP contribution >= 0.6 is 0 Å². The van der Waals surface area contributed by atoms with Crippen molar-refractivity contribution >= 4 is 17.7 Å². The molecule has 3 atom stereocenters. The van der Waals surface area contributed by atoms with Crippen LogP contribution < -0.4 is 5.32 Å². The number of carbonyl (C=O) groups is 2. The zero-order valence-corrected chi connectivity index (χ0v) is 28.9. The number of rotatable bonds is 17. The second kappa shape index (κ2) is 17.3. The van der Waals surface area contributed by atoms with E-state index in [-0.39, 0.29) is 18.1 Å². The first-order valence-corrected chi connectivity index (χ1v) is 17.8. The highest BCUT2D eigenvalue weighted by Gasteiger charge is 2.42.